The molecule has 0 aliphatic heterocycles. The van der Waals surface area contributed by atoms with Crippen molar-refractivity contribution in [1.29, 1.82) is 0 Å². The molecular formula is C46H53FeN2O4P. The Bertz CT molecular complexity index is 1530. The van der Waals surface area contributed by atoms with Crippen LogP contribution in [0.25, 0.3) is 0 Å². The second-order valence-corrected chi connectivity index (χ2v) is 15.4. The van der Waals surface area contributed by atoms with Crippen LogP contribution in [0.2, 0.25) is 0 Å². The molecule has 2 fully saturated rings. The first kappa shape index (κ1) is 43.7. The van der Waals surface area contributed by atoms with Crippen molar-refractivity contribution in [1.82, 2.24) is 9.80 Å². The number of rotatable bonds is 15. The summed E-state index contributed by atoms with van der Waals surface area (Å²) < 4.78 is 21.3. The second-order valence-electron chi connectivity index (χ2n) is 13.3. The summed E-state index contributed by atoms with van der Waals surface area (Å²) in [5, 5.41) is 2.63. The molecule has 0 N–H and O–H groups in total. The summed E-state index contributed by atoms with van der Waals surface area (Å²) in [5.41, 5.74) is 3.91. The predicted octanol–water partition coefficient (Wildman–Crippen LogP) is 7.99. The van der Waals surface area contributed by atoms with E-state index in [4.69, 9.17) is 18.9 Å². The molecular weight excluding hydrogens is 731 g/mol. The van der Waals surface area contributed by atoms with Crippen molar-refractivity contribution in [2.45, 2.75) is 18.9 Å². The van der Waals surface area contributed by atoms with Crippen LogP contribution >= 0.6 is 7.92 Å². The summed E-state index contributed by atoms with van der Waals surface area (Å²) in [5.74, 6) is 6.42. The van der Waals surface area contributed by atoms with E-state index < -0.39 is 7.92 Å². The van der Waals surface area contributed by atoms with Gasteiger partial charge >= 0.3 is 0 Å². The van der Waals surface area contributed by atoms with Crippen LogP contribution in [0.1, 0.15) is 24.0 Å². The topological polar surface area (TPSA) is 43.4 Å². The molecule has 4 aromatic rings. The smallest absolute Gasteiger partial charge is 0.118 e. The summed E-state index contributed by atoms with van der Waals surface area (Å²) in [7, 11) is 12.6. The van der Waals surface area contributed by atoms with Gasteiger partial charge in [-0.1, -0.05) is 48.5 Å². The van der Waals surface area contributed by atoms with Crippen molar-refractivity contribution in [2.75, 3.05) is 62.7 Å². The maximum atomic E-state index is 5.40. The van der Waals surface area contributed by atoms with Crippen LogP contribution in [0.4, 0.5) is 0 Å². The molecule has 2 aliphatic carbocycles. The maximum absolute atomic E-state index is 5.40. The average Bonchev–Trinajstić information content (AvgIpc) is 3.92. The standard InChI is InChI=1S/C26H34N2O2P.C20H19O2.Fe/c1-20(28(4)19-18-27(2)3)25-8-7-9-26(25)31(23-14-10-21(29-5)11-15-23)24-16-12-22(30-6)13-17-24;1-21-18-11-7-16(8-12-18)20(15-5-3-4-6-15)17-9-13-19(22-2)14-10-17;/h7-17,20H,18-19H2,1-6H3;3-14,20H,1-2H3;/t20-;;/m1../s1. The third-order valence-corrected chi connectivity index (χ3v) is 12.2. The van der Waals surface area contributed by atoms with Gasteiger partial charge in [0.15, 0.2) is 0 Å². The Balaban J connectivity index is 0.000000249. The molecule has 0 unspecified atom stereocenters. The van der Waals surface area contributed by atoms with Crippen LogP contribution in [0.3, 0.4) is 0 Å². The van der Waals surface area contributed by atoms with Crippen LogP contribution in [0, 0.1) is 62.4 Å². The molecule has 0 aromatic heterocycles. The van der Waals surface area contributed by atoms with Gasteiger partial charge in [0.25, 0.3) is 0 Å². The van der Waals surface area contributed by atoms with Gasteiger partial charge < -0.3 is 28.7 Å². The van der Waals surface area contributed by atoms with Crippen LogP contribution < -0.4 is 29.6 Å². The number of hydrogen-bond acceptors (Lipinski definition) is 6. The molecule has 0 spiro atoms. The van der Waals surface area contributed by atoms with E-state index in [-0.39, 0.29) is 23.0 Å². The summed E-state index contributed by atoms with van der Waals surface area (Å²) in [6.07, 6.45) is 15.3. The summed E-state index contributed by atoms with van der Waals surface area (Å²) in [4.78, 5) is 4.67. The Morgan fingerprint density at radius 3 is 1.31 bits per heavy atom. The van der Waals surface area contributed by atoms with Crippen molar-refractivity contribution in [2.24, 2.45) is 0 Å². The zero-order valence-corrected chi connectivity index (χ0v) is 34.7. The summed E-state index contributed by atoms with van der Waals surface area (Å²) in [6.45, 7) is 4.38. The fourth-order valence-electron chi connectivity index (χ4n) is 6.41. The molecule has 0 amide bonds. The van der Waals surface area contributed by atoms with Crippen LogP contribution in [-0.2, 0) is 17.1 Å². The van der Waals surface area contributed by atoms with Gasteiger partial charge in [-0.05, 0) is 157 Å². The van der Waals surface area contributed by atoms with Gasteiger partial charge in [0.05, 0.1) is 28.4 Å². The van der Waals surface area contributed by atoms with Gasteiger partial charge in [0, 0.05) is 53.7 Å². The van der Waals surface area contributed by atoms with E-state index in [1.54, 1.807) is 28.4 Å². The summed E-state index contributed by atoms with van der Waals surface area (Å²) in [6, 6.07) is 33.9. The van der Waals surface area contributed by atoms with Crippen LogP contribution in [0.5, 0.6) is 23.0 Å². The van der Waals surface area contributed by atoms with Gasteiger partial charge in [-0.3, -0.25) is 0 Å². The fraction of sp³-hybridized carbons (Fsp3) is 0.261. The molecule has 54 heavy (non-hydrogen) atoms. The van der Waals surface area contributed by atoms with Crippen molar-refractivity contribution < 1.29 is 36.0 Å². The number of benzene rings is 4. The van der Waals surface area contributed by atoms with Gasteiger partial charge in [-0.2, -0.15) is 0 Å². The van der Waals surface area contributed by atoms with Gasteiger partial charge in [-0.25, -0.2) is 0 Å². The van der Waals surface area contributed by atoms with E-state index in [0.29, 0.717) is 6.04 Å². The third-order valence-electron chi connectivity index (χ3n) is 9.66. The SMILES string of the molecule is COc1ccc(C([C]2[CH][CH][CH][CH]2)c2ccc(OC)cc2)cc1.COc1ccc(P([C]2[CH][CH][CH][C]2[C@@H](C)N(C)CCN(C)C)c2ccc(OC)cc2)cc1.[Fe]. The first-order valence-corrected chi connectivity index (χ1v) is 19.3. The number of nitrogens with zero attached hydrogens (tertiary/aromatic N) is 2. The minimum atomic E-state index is -0.692. The molecule has 0 bridgehead atoms. The van der Waals surface area contributed by atoms with Gasteiger partial charge in [-0.15, -0.1) is 0 Å². The molecule has 8 heteroatoms. The van der Waals surface area contributed by atoms with E-state index >= 15 is 0 Å². The molecule has 0 saturated heterocycles. The second kappa shape index (κ2) is 21.9. The number of hydrogen-bond donors (Lipinski definition) is 0. The Morgan fingerprint density at radius 2 is 0.926 bits per heavy atom. The average molecular weight is 785 g/mol. The van der Waals surface area contributed by atoms with Gasteiger partial charge in [0.2, 0.25) is 0 Å². The van der Waals surface area contributed by atoms with E-state index in [9.17, 15) is 0 Å². The third kappa shape index (κ3) is 11.5. The fourth-order valence-corrected chi connectivity index (χ4v) is 8.92. The van der Waals surface area contributed by atoms with Crippen molar-refractivity contribution in [3.63, 3.8) is 0 Å². The normalized spacial score (nSPS) is 15.6. The van der Waals surface area contributed by atoms with Crippen molar-refractivity contribution in [3.05, 3.63) is 171 Å². The van der Waals surface area contributed by atoms with E-state index in [1.165, 1.54) is 39.2 Å². The first-order chi connectivity index (χ1) is 25.8. The zero-order chi connectivity index (χ0) is 37.7. The molecule has 284 valence electrons. The van der Waals surface area contributed by atoms with E-state index in [1.807, 2.05) is 24.3 Å². The van der Waals surface area contributed by atoms with E-state index in [0.717, 1.165) is 36.1 Å². The zero-order valence-electron chi connectivity index (χ0n) is 32.7. The van der Waals surface area contributed by atoms with Crippen LogP contribution in [0.15, 0.2) is 97.1 Å². The number of ether oxygens (including phenoxy) is 4. The Labute approximate surface area is 338 Å². The minimum Gasteiger partial charge on any atom is -0.497 e. The Morgan fingerprint density at radius 1 is 0.519 bits per heavy atom. The number of methoxy groups -OCH3 is 4. The van der Waals surface area contributed by atoms with Crippen molar-refractivity contribution >= 4 is 18.5 Å². The number of likely N-dealkylation sites (N-methyl/N-ethyl adjacent to an activating group) is 2. The maximum Gasteiger partial charge on any atom is 0.118 e. The minimum absolute atomic E-state index is 0. The predicted molar refractivity (Wildman–Crippen MR) is 220 cm³/mol. The van der Waals surface area contributed by atoms with Gasteiger partial charge in [0.1, 0.15) is 23.0 Å². The molecule has 2 saturated carbocycles. The van der Waals surface area contributed by atoms with Crippen molar-refractivity contribution in [3.8, 4) is 23.0 Å². The molecule has 2 aliphatic rings. The quantitative estimate of drug-likeness (QED) is 0.0901. The monoisotopic (exact) mass is 784 g/mol. The Hall–Kier alpha value is -3.05. The first-order valence-electron chi connectivity index (χ1n) is 17.9. The molecule has 4 aromatic carbocycles. The molecule has 10 radical (unpaired) electrons. The molecule has 0 heterocycles. The largest absolute Gasteiger partial charge is 0.497 e. The summed E-state index contributed by atoms with van der Waals surface area (Å²) >= 11 is 0. The van der Waals surface area contributed by atoms with Crippen LogP contribution in [-0.4, -0.2) is 78.5 Å². The molecule has 1 atom stereocenters. The molecule has 6 rings (SSSR count). The molecule has 6 nitrogen and oxygen atoms in total. The van der Waals surface area contributed by atoms with E-state index in [2.05, 4.69) is 156 Å². The Kier molecular flexibility index (Phi) is 17.7.